The highest BCUT2D eigenvalue weighted by Gasteiger charge is 1.96. The highest BCUT2D eigenvalue weighted by Crippen LogP contribution is 2.16. The lowest BCUT2D eigenvalue weighted by atomic mass is 10.3. The molecule has 0 saturated heterocycles. The maximum atomic E-state index is 5.81. The second-order valence-electron chi connectivity index (χ2n) is 3.68. The van der Waals surface area contributed by atoms with Crippen molar-refractivity contribution in [1.82, 2.24) is 0 Å². The van der Waals surface area contributed by atoms with Crippen molar-refractivity contribution in [3.8, 4) is 5.75 Å². The van der Waals surface area contributed by atoms with Gasteiger partial charge in [0.1, 0.15) is 12.4 Å². The number of nitrogen functional groups attached to an aromatic ring is 1. The highest BCUT2D eigenvalue weighted by atomic mass is 35.5. The van der Waals surface area contributed by atoms with E-state index in [-0.39, 0.29) is 12.4 Å². The Morgan fingerprint density at radius 3 is 2.33 bits per heavy atom. The quantitative estimate of drug-likeness (QED) is 0.644. The van der Waals surface area contributed by atoms with E-state index in [1.807, 2.05) is 54.6 Å². The van der Waals surface area contributed by atoms with Crippen molar-refractivity contribution in [1.29, 1.82) is 0 Å². The largest absolute Gasteiger partial charge is 0.492 e. The van der Waals surface area contributed by atoms with E-state index in [2.05, 4.69) is 5.32 Å². The van der Waals surface area contributed by atoms with Crippen LogP contribution in [0.1, 0.15) is 0 Å². The van der Waals surface area contributed by atoms with Crippen molar-refractivity contribution >= 4 is 23.8 Å². The summed E-state index contributed by atoms with van der Waals surface area (Å²) >= 11 is 0. The van der Waals surface area contributed by atoms with E-state index < -0.39 is 0 Å². The molecule has 0 unspecified atom stereocenters. The number of para-hydroxylation sites is 3. The molecule has 3 nitrogen and oxygen atoms in total. The Kier molecular flexibility index (Phi) is 5.88. The molecule has 2 rings (SSSR count). The second-order valence-corrected chi connectivity index (χ2v) is 3.68. The number of hydrogen-bond acceptors (Lipinski definition) is 3. The smallest absolute Gasteiger partial charge is 0.119 e. The first-order valence-corrected chi connectivity index (χ1v) is 5.62. The number of ether oxygens (including phenoxy) is 1. The fourth-order valence-corrected chi connectivity index (χ4v) is 1.53. The summed E-state index contributed by atoms with van der Waals surface area (Å²) in [5.74, 6) is 0.885. The first kappa shape index (κ1) is 14.2. The van der Waals surface area contributed by atoms with Crippen LogP contribution < -0.4 is 15.8 Å². The third kappa shape index (κ3) is 4.18. The normalized spacial score (nSPS) is 9.33. The van der Waals surface area contributed by atoms with Crippen molar-refractivity contribution in [2.24, 2.45) is 0 Å². The van der Waals surface area contributed by atoms with E-state index in [1.165, 1.54) is 0 Å². The zero-order valence-electron chi connectivity index (χ0n) is 10.0. The van der Waals surface area contributed by atoms with E-state index in [0.29, 0.717) is 6.61 Å². The van der Waals surface area contributed by atoms with Crippen molar-refractivity contribution in [2.45, 2.75) is 0 Å². The van der Waals surface area contributed by atoms with Gasteiger partial charge < -0.3 is 15.8 Å². The van der Waals surface area contributed by atoms with Crippen molar-refractivity contribution in [3.63, 3.8) is 0 Å². The number of rotatable bonds is 5. The Morgan fingerprint density at radius 2 is 1.61 bits per heavy atom. The van der Waals surface area contributed by atoms with Crippen LogP contribution in [0.15, 0.2) is 54.6 Å². The average molecular weight is 265 g/mol. The minimum atomic E-state index is 0. The maximum absolute atomic E-state index is 5.81. The van der Waals surface area contributed by atoms with Crippen molar-refractivity contribution in [3.05, 3.63) is 54.6 Å². The Hall–Kier alpha value is -1.87. The van der Waals surface area contributed by atoms with E-state index >= 15 is 0 Å². The molecule has 2 aromatic carbocycles. The van der Waals surface area contributed by atoms with E-state index in [0.717, 1.165) is 23.7 Å². The number of nitrogens with two attached hydrogens (primary N) is 1. The Balaban J connectivity index is 0.00000162. The number of hydrogen-bond donors (Lipinski definition) is 2. The van der Waals surface area contributed by atoms with Gasteiger partial charge in [0.25, 0.3) is 0 Å². The van der Waals surface area contributed by atoms with Crippen LogP contribution in [0, 0.1) is 0 Å². The predicted molar refractivity (Wildman–Crippen MR) is 78.5 cm³/mol. The highest BCUT2D eigenvalue weighted by molar-refractivity contribution is 5.85. The molecule has 0 aliphatic carbocycles. The standard InChI is InChI=1S/C14H16N2O.ClH/c15-13-8-4-5-9-14(13)16-10-11-17-12-6-2-1-3-7-12;/h1-9,16H,10-11,15H2;1H. The van der Waals surface area contributed by atoms with Gasteiger partial charge in [0.05, 0.1) is 11.4 Å². The maximum Gasteiger partial charge on any atom is 0.119 e. The van der Waals surface area contributed by atoms with Gasteiger partial charge in [-0.3, -0.25) is 0 Å². The average Bonchev–Trinajstić information content (AvgIpc) is 2.38. The molecule has 0 aliphatic rings. The van der Waals surface area contributed by atoms with Gasteiger partial charge in [-0.25, -0.2) is 0 Å². The van der Waals surface area contributed by atoms with Crippen LogP contribution in [0.2, 0.25) is 0 Å². The van der Waals surface area contributed by atoms with Crippen LogP contribution >= 0.6 is 12.4 Å². The summed E-state index contributed by atoms with van der Waals surface area (Å²) in [6.07, 6.45) is 0. The molecule has 0 spiro atoms. The van der Waals surface area contributed by atoms with E-state index in [9.17, 15) is 0 Å². The molecule has 3 N–H and O–H groups in total. The zero-order valence-corrected chi connectivity index (χ0v) is 10.8. The third-order valence-electron chi connectivity index (χ3n) is 2.39. The van der Waals surface area contributed by atoms with Crippen LogP contribution in [-0.4, -0.2) is 13.2 Å². The minimum absolute atomic E-state index is 0. The summed E-state index contributed by atoms with van der Waals surface area (Å²) in [5, 5.41) is 3.23. The SMILES string of the molecule is Cl.Nc1ccccc1NCCOc1ccccc1. The fourth-order valence-electron chi connectivity index (χ4n) is 1.53. The topological polar surface area (TPSA) is 47.3 Å². The number of benzene rings is 2. The van der Waals surface area contributed by atoms with Gasteiger partial charge in [-0.05, 0) is 24.3 Å². The summed E-state index contributed by atoms with van der Waals surface area (Å²) in [4.78, 5) is 0. The Morgan fingerprint density at radius 1 is 0.944 bits per heavy atom. The molecule has 96 valence electrons. The number of nitrogens with one attached hydrogen (secondary N) is 1. The molecule has 0 radical (unpaired) electrons. The van der Waals surface area contributed by atoms with Gasteiger partial charge in [-0.2, -0.15) is 0 Å². The molecular formula is C14H17ClN2O. The van der Waals surface area contributed by atoms with E-state index in [4.69, 9.17) is 10.5 Å². The molecule has 0 saturated carbocycles. The molecule has 0 amide bonds. The van der Waals surface area contributed by atoms with Crippen LogP contribution in [-0.2, 0) is 0 Å². The fraction of sp³-hybridized carbons (Fsp3) is 0.143. The number of halogens is 1. The first-order valence-electron chi connectivity index (χ1n) is 5.62. The molecule has 4 heteroatoms. The molecule has 0 aromatic heterocycles. The lowest BCUT2D eigenvalue weighted by molar-refractivity contribution is 0.333. The molecule has 0 atom stereocenters. The predicted octanol–water partition coefficient (Wildman–Crippen LogP) is 3.18. The summed E-state index contributed by atoms with van der Waals surface area (Å²) in [7, 11) is 0. The molecule has 0 heterocycles. The summed E-state index contributed by atoms with van der Waals surface area (Å²) in [6.45, 7) is 1.33. The monoisotopic (exact) mass is 264 g/mol. The van der Waals surface area contributed by atoms with Crippen LogP contribution in [0.4, 0.5) is 11.4 Å². The summed E-state index contributed by atoms with van der Waals surface area (Å²) < 4.78 is 5.56. The van der Waals surface area contributed by atoms with Gasteiger partial charge in [0.2, 0.25) is 0 Å². The molecule has 0 aliphatic heterocycles. The van der Waals surface area contributed by atoms with Gasteiger partial charge in [0, 0.05) is 6.54 Å². The first-order chi connectivity index (χ1) is 8.36. The van der Waals surface area contributed by atoms with Gasteiger partial charge in [-0.15, -0.1) is 12.4 Å². The molecule has 0 bridgehead atoms. The molecular weight excluding hydrogens is 248 g/mol. The Bertz CT molecular complexity index is 462. The van der Waals surface area contributed by atoms with Crippen molar-refractivity contribution in [2.75, 3.05) is 24.2 Å². The second kappa shape index (κ2) is 7.45. The van der Waals surface area contributed by atoms with Crippen LogP contribution in [0.5, 0.6) is 5.75 Å². The van der Waals surface area contributed by atoms with Crippen molar-refractivity contribution < 1.29 is 4.74 Å². The lowest BCUT2D eigenvalue weighted by Crippen LogP contribution is -2.12. The Labute approximate surface area is 113 Å². The van der Waals surface area contributed by atoms with E-state index in [1.54, 1.807) is 0 Å². The van der Waals surface area contributed by atoms with Crippen LogP contribution in [0.3, 0.4) is 0 Å². The van der Waals surface area contributed by atoms with Crippen LogP contribution in [0.25, 0.3) is 0 Å². The lowest BCUT2D eigenvalue weighted by Gasteiger charge is -2.10. The summed E-state index contributed by atoms with van der Waals surface area (Å²) in [5.41, 5.74) is 7.52. The van der Waals surface area contributed by atoms with Gasteiger partial charge in [-0.1, -0.05) is 30.3 Å². The molecule has 18 heavy (non-hydrogen) atoms. The number of anilines is 2. The molecule has 0 fully saturated rings. The van der Waals surface area contributed by atoms with Gasteiger partial charge in [0.15, 0.2) is 0 Å². The molecule has 2 aromatic rings. The zero-order chi connectivity index (χ0) is 11.9. The van der Waals surface area contributed by atoms with Gasteiger partial charge >= 0.3 is 0 Å². The third-order valence-corrected chi connectivity index (χ3v) is 2.39. The minimum Gasteiger partial charge on any atom is -0.492 e. The summed E-state index contributed by atoms with van der Waals surface area (Å²) in [6, 6.07) is 17.5.